The Hall–Kier alpha value is -4.33. The summed E-state index contributed by atoms with van der Waals surface area (Å²) < 4.78 is 16.1. The number of urea groups is 1. The number of hydrogen-bond donors (Lipinski definition) is 2. The van der Waals surface area contributed by atoms with E-state index in [0.29, 0.717) is 28.5 Å². The Balaban J connectivity index is 1.90. The molecule has 0 radical (unpaired) electrons. The fourth-order valence-corrected chi connectivity index (χ4v) is 3.96. The van der Waals surface area contributed by atoms with Gasteiger partial charge in [0, 0.05) is 11.5 Å². The van der Waals surface area contributed by atoms with Crippen LogP contribution in [0.25, 0.3) is 0 Å². The minimum Gasteiger partial charge on any atom is -0.497 e. The molecule has 2 amide bonds. The lowest BCUT2D eigenvalue weighted by molar-refractivity contribution is -0.134. The Kier molecular flexibility index (Phi) is 6.26. The molecule has 0 aromatic heterocycles. The number of carbonyl (C=O) groups is 2. The maximum absolute atomic E-state index is 13.1. The number of benzene rings is 3. The highest BCUT2D eigenvalue weighted by Crippen LogP contribution is 2.45. The molecule has 3 aromatic carbocycles. The number of nitrogens with zero attached hydrogens (tertiary/aromatic N) is 1. The van der Waals surface area contributed by atoms with E-state index < -0.39 is 23.8 Å². The van der Waals surface area contributed by atoms with Crippen LogP contribution in [0.4, 0.5) is 4.79 Å². The van der Waals surface area contributed by atoms with Crippen molar-refractivity contribution in [1.29, 1.82) is 0 Å². The number of rotatable bonds is 7. The summed E-state index contributed by atoms with van der Waals surface area (Å²) in [5.41, 5.74) is 10.3. The van der Waals surface area contributed by atoms with Gasteiger partial charge < -0.3 is 19.9 Å². The molecule has 1 aliphatic rings. The molecule has 8 heteroatoms. The number of fused-ring (bicyclic) bond motifs is 1. The lowest BCUT2D eigenvalue weighted by Gasteiger charge is -2.24. The molecule has 3 N–H and O–H groups in total. The summed E-state index contributed by atoms with van der Waals surface area (Å²) in [5, 5.41) is 4.33. The van der Waals surface area contributed by atoms with Crippen molar-refractivity contribution in [3.63, 3.8) is 0 Å². The molecule has 3 aromatic rings. The number of primary amides is 1. The van der Waals surface area contributed by atoms with Crippen molar-refractivity contribution in [2.75, 3.05) is 14.2 Å². The van der Waals surface area contributed by atoms with E-state index in [0.717, 1.165) is 11.1 Å². The van der Waals surface area contributed by atoms with Crippen LogP contribution in [-0.4, -0.2) is 31.9 Å². The molecule has 0 spiro atoms. The fraction of sp³-hybridized carbons (Fsp3) is 0.160. The Morgan fingerprint density at radius 2 is 1.58 bits per heavy atom. The molecule has 8 nitrogen and oxygen atoms in total. The van der Waals surface area contributed by atoms with Crippen LogP contribution >= 0.6 is 0 Å². The zero-order chi connectivity index (χ0) is 23.4. The number of carbonyl (C=O) groups excluding carboxylic acids is 2. The van der Waals surface area contributed by atoms with Gasteiger partial charge in [-0.2, -0.15) is 5.10 Å². The van der Waals surface area contributed by atoms with Crippen LogP contribution in [0, 0.1) is 0 Å². The molecule has 0 bridgehead atoms. The van der Waals surface area contributed by atoms with Gasteiger partial charge >= 0.3 is 12.0 Å². The summed E-state index contributed by atoms with van der Waals surface area (Å²) in [5.74, 6) is 0.148. The van der Waals surface area contributed by atoms with Crippen molar-refractivity contribution in [3.8, 4) is 17.2 Å². The third kappa shape index (κ3) is 4.50. The average molecular weight is 445 g/mol. The molecule has 0 saturated heterocycles. The summed E-state index contributed by atoms with van der Waals surface area (Å²) in [6.07, 6.45) is 0. The number of nitrogens with two attached hydrogens (primary N) is 1. The van der Waals surface area contributed by atoms with Crippen LogP contribution in [0.5, 0.6) is 17.2 Å². The lowest BCUT2D eigenvalue weighted by Crippen LogP contribution is -2.31. The first-order valence-corrected chi connectivity index (χ1v) is 10.2. The van der Waals surface area contributed by atoms with Crippen molar-refractivity contribution in [1.82, 2.24) is 5.43 Å². The zero-order valence-corrected chi connectivity index (χ0v) is 18.1. The summed E-state index contributed by atoms with van der Waals surface area (Å²) in [6, 6.07) is 21.0. The first-order chi connectivity index (χ1) is 16.0. The maximum atomic E-state index is 13.1. The van der Waals surface area contributed by atoms with Gasteiger partial charge in [-0.15, -0.1) is 0 Å². The number of ether oxygens (including phenoxy) is 3. The molecule has 33 heavy (non-hydrogen) atoms. The SMILES string of the molecule is COc1ccc(/C(=N/NC(N)=O)[C@@H](c2ccc(OC)cc2)[C@H]2C(=O)Oc3ccccc32)cc1. The van der Waals surface area contributed by atoms with Gasteiger partial charge in [0.25, 0.3) is 0 Å². The molecule has 0 fully saturated rings. The van der Waals surface area contributed by atoms with Gasteiger partial charge in [0.05, 0.1) is 25.8 Å². The van der Waals surface area contributed by atoms with Crippen LogP contribution in [-0.2, 0) is 4.79 Å². The van der Waals surface area contributed by atoms with E-state index in [9.17, 15) is 9.59 Å². The smallest absolute Gasteiger partial charge is 0.332 e. The highest BCUT2D eigenvalue weighted by molar-refractivity contribution is 6.09. The van der Waals surface area contributed by atoms with Crippen molar-refractivity contribution < 1.29 is 23.8 Å². The van der Waals surface area contributed by atoms with Crippen molar-refractivity contribution in [3.05, 3.63) is 89.5 Å². The van der Waals surface area contributed by atoms with E-state index in [-0.39, 0.29) is 0 Å². The second-order valence-electron chi connectivity index (χ2n) is 7.39. The van der Waals surface area contributed by atoms with E-state index in [4.69, 9.17) is 19.9 Å². The molecule has 0 saturated carbocycles. The van der Waals surface area contributed by atoms with Crippen LogP contribution in [0.3, 0.4) is 0 Å². The van der Waals surface area contributed by atoms with Gasteiger partial charge in [-0.25, -0.2) is 10.2 Å². The fourth-order valence-electron chi connectivity index (χ4n) is 3.96. The number of amides is 2. The number of methoxy groups -OCH3 is 2. The minimum atomic E-state index is -0.816. The van der Waals surface area contributed by atoms with E-state index in [1.54, 1.807) is 32.4 Å². The van der Waals surface area contributed by atoms with Crippen molar-refractivity contribution in [2.24, 2.45) is 10.8 Å². The maximum Gasteiger partial charge on any atom is 0.332 e. The highest BCUT2D eigenvalue weighted by Gasteiger charge is 2.42. The molecular formula is C25H23N3O5. The van der Waals surface area contributed by atoms with Crippen molar-refractivity contribution in [2.45, 2.75) is 11.8 Å². The quantitative estimate of drug-likeness (QED) is 0.250. The zero-order valence-electron chi connectivity index (χ0n) is 18.1. The predicted molar refractivity (Wildman–Crippen MR) is 123 cm³/mol. The summed E-state index contributed by atoms with van der Waals surface area (Å²) >= 11 is 0. The number of hydrazone groups is 1. The van der Waals surface area contributed by atoms with Crippen LogP contribution < -0.4 is 25.4 Å². The summed E-state index contributed by atoms with van der Waals surface area (Å²) in [4.78, 5) is 24.6. The first kappa shape index (κ1) is 21.9. The second kappa shape index (κ2) is 9.44. The standard InChI is InChI=1S/C25H23N3O5/c1-31-17-11-7-15(8-12-17)21(22-19-5-3-4-6-20(19)33-24(22)29)23(27-28-25(26)30)16-9-13-18(32-2)14-10-16/h3-14,21-22H,1-2H3,(H3,26,28,30)/b27-23-/t21-,22-/m0/s1. The molecule has 1 heterocycles. The van der Waals surface area contributed by atoms with E-state index in [1.165, 1.54) is 0 Å². The molecule has 4 rings (SSSR count). The van der Waals surface area contributed by atoms with Crippen LogP contribution in [0.1, 0.15) is 28.5 Å². The topological polar surface area (TPSA) is 112 Å². The van der Waals surface area contributed by atoms with Gasteiger partial charge in [0.1, 0.15) is 17.2 Å². The molecule has 168 valence electrons. The van der Waals surface area contributed by atoms with Gasteiger partial charge in [-0.05, 0) is 53.6 Å². The number of hydrogen-bond acceptors (Lipinski definition) is 6. The minimum absolute atomic E-state index is 0.405. The molecule has 1 aliphatic heterocycles. The van der Waals surface area contributed by atoms with E-state index in [2.05, 4.69) is 10.5 Å². The van der Waals surface area contributed by atoms with Gasteiger partial charge in [0.2, 0.25) is 0 Å². The normalized spacial score (nSPS) is 15.9. The second-order valence-corrected chi connectivity index (χ2v) is 7.39. The first-order valence-electron chi connectivity index (χ1n) is 10.2. The van der Waals surface area contributed by atoms with Gasteiger partial charge in [-0.3, -0.25) is 4.79 Å². The Labute approximate surface area is 191 Å². The highest BCUT2D eigenvalue weighted by atomic mass is 16.5. The Morgan fingerprint density at radius 1 is 0.970 bits per heavy atom. The number of para-hydroxylation sites is 1. The van der Waals surface area contributed by atoms with Gasteiger partial charge in [-0.1, -0.05) is 30.3 Å². The Bertz CT molecular complexity index is 1190. The predicted octanol–water partition coefficient (Wildman–Crippen LogP) is 3.56. The number of nitrogens with one attached hydrogen (secondary N) is 1. The van der Waals surface area contributed by atoms with Crippen molar-refractivity contribution >= 4 is 17.7 Å². The van der Waals surface area contributed by atoms with Crippen LogP contribution in [0.15, 0.2) is 77.9 Å². The lowest BCUT2D eigenvalue weighted by atomic mass is 9.77. The third-order valence-corrected chi connectivity index (χ3v) is 5.49. The molecular weight excluding hydrogens is 422 g/mol. The molecule has 2 atom stereocenters. The van der Waals surface area contributed by atoms with E-state index >= 15 is 0 Å². The summed E-state index contributed by atoms with van der Waals surface area (Å²) in [7, 11) is 3.16. The Morgan fingerprint density at radius 3 is 2.18 bits per heavy atom. The van der Waals surface area contributed by atoms with Crippen LogP contribution in [0.2, 0.25) is 0 Å². The van der Waals surface area contributed by atoms with Gasteiger partial charge in [0.15, 0.2) is 0 Å². The molecule has 0 aliphatic carbocycles. The van der Waals surface area contributed by atoms with E-state index in [1.807, 2.05) is 54.6 Å². The monoisotopic (exact) mass is 445 g/mol. The average Bonchev–Trinajstić information content (AvgIpc) is 3.17. The third-order valence-electron chi connectivity index (χ3n) is 5.49. The largest absolute Gasteiger partial charge is 0.497 e. The number of esters is 1. The molecule has 0 unspecified atom stereocenters. The summed E-state index contributed by atoms with van der Waals surface area (Å²) in [6.45, 7) is 0.